The molecule has 0 unspecified atom stereocenters. The Labute approximate surface area is 190 Å². The molecule has 32 heavy (non-hydrogen) atoms. The van der Waals surface area contributed by atoms with Crippen LogP contribution in [0.1, 0.15) is 11.1 Å². The number of hydrogen-bond donors (Lipinski definition) is 1. The van der Waals surface area contributed by atoms with Gasteiger partial charge in [0.25, 0.3) is 0 Å². The summed E-state index contributed by atoms with van der Waals surface area (Å²) in [5.74, 6) is 6.97. The fraction of sp³-hybridized carbons (Fsp3) is 0.120. The van der Waals surface area contributed by atoms with Gasteiger partial charge in [-0.05, 0) is 54.1 Å². The van der Waals surface area contributed by atoms with Crippen LogP contribution in [0.2, 0.25) is 5.02 Å². The average Bonchev–Trinajstić information content (AvgIpc) is 2.79. The number of ether oxygens (including phenoxy) is 1. The lowest BCUT2D eigenvalue weighted by Gasteiger charge is -2.17. The fourth-order valence-electron chi connectivity index (χ4n) is 3.14. The van der Waals surface area contributed by atoms with Gasteiger partial charge in [0, 0.05) is 23.7 Å². The molecule has 0 fully saturated rings. The average molecular weight is 447 g/mol. The molecule has 5 nitrogen and oxygen atoms in total. The van der Waals surface area contributed by atoms with E-state index in [0.29, 0.717) is 23.1 Å². The molecule has 1 heterocycles. The van der Waals surface area contributed by atoms with E-state index in [1.807, 2.05) is 42.3 Å². The highest BCUT2D eigenvalue weighted by atomic mass is 35.5. The van der Waals surface area contributed by atoms with Crippen LogP contribution < -0.4 is 15.4 Å². The number of benzene rings is 3. The van der Waals surface area contributed by atoms with Crippen molar-refractivity contribution in [3.8, 4) is 17.6 Å². The highest BCUT2D eigenvalue weighted by Gasteiger charge is 2.07. The third-order valence-electron chi connectivity index (χ3n) is 4.85. The van der Waals surface area contributed by atoms with E-state index in [2.05, 4.69) is 21.8 Å². The fourth-order valence-corrected chi connectivity index (χ4v) is 3.37. The van der Waals surface area contributed by atoms with Crippen molar-refractivity contribution in [3.63, 3.8) is 0 Å². The highest BCUT2D eigenvalue weighted by molar-refractivity contribution is 6.32. The molecule has 0 radical (unpaired) electrons. The Morgan fingerprint density at radius 1 is 1.09 bits per heavy atom. The van der Waals surface area contributed by atoms with Gasteiger partial charge in [-0.1, -0.05) is 35.6 Å². The van der Waals surface area contributed by atoms with E-state index < -0.39 is 0 Å². The molecule has 0 atom stereocenters. The molecule has 0 bridgehead atoms. The zero-order chi connectivity index (χ0) is 22.5. The van der Waals surface area contributed by atoms with Gasteiger partial charge in [-0.2, -0.15) is 0 Å². The molecule has 4 rings (SSSR count). The summed E-state index contributed by atoms with van der Waals surface area (Å²) in [6.07, 6.45) is 1.45. The molecule has 2 N–H and O–H groups in total. The van der Waals surface area contributed by atoms with Crippen LogP contribution in [-0.2, 0) is 6.61 Å². The first-order chi connectivity index (χ1) is 15.5. The molecule has 0 amide bonds. The van der Waals surface area contributed by atoms with Gasteiger partial charge >= 0.3 is 0 Å². The number of nitrogen functional groups attached to an aromatic ring is 1. The predicted octanol–water partition coefficient (Wildman–Crippen LogP) is 5.07. The second-order valence-corrected chi connectivity index (χ2v) is 7.59. The summed E-state index contributed by atoms with van der Waals surface area (Å²) < 4.78 is 19.0. The van der Waals surface area contributed by atoms with Crippen LogP contribution in [0.4, 0.5) is 15.9 Å². The number of hydrogen-bond acceptors (Lipinski definition) is 5. The van der Waals surface area contributed by atoms with Gasteiger partial charge < -0.3 is 15.4 Å². The monoisotopic (exact) mass is 446 g/mol. The summed E-state index contributed by atoms with van der Waals surface area (Å²) >= 11 is 6.39. The Morgan fingerprint density at radius 2 is 1.97 bits per heavy atom. The molecule has 0 aliphatic carbocycles. The Kier molecular flexibility index (Phi) is 6.39. The summed E-state index contributed by atoms with van der Waals surface area (Å²) in [5.41, 5.74) is 9.18. The van der Waals surface area contributed by atoms with Gasteiger partial charge in [0.05, 0.1) is 17.1 Å². The number of anilines is 2. The maximum Gasteiger partial charge on any atom is 0.138 e. The van der Waals surface area contributed by atoms with Crippen molar-refractivity contribution in [2.24, 2.45) is 0 Å². The number of fused-ring (bicyclic) bond motifs is 1. The normalized spacial score (nSPS) is 10.5. The predicted molar refractivity (Wildman–Crippen MR) is 126 cm³/mol. The summed E-state index contributed by atoms with van der Waals surface area (Å²) in [6.45, 7) is 0.734. The molecule has 0 saturated heterocycles. The maximum absolute atomic E-state index is 13.3. The van der Waals surface area contributed by atoms with Gasteiger partial charge in [0.2, 0.25) is 0 Å². The quantitative estimate of drug-likeness (QED) is 0.433. The van der Waals surface area contributed by atoms with Gasteiger partial charge in [0.15, 0.2) is 0 Å². The molecule has 0 spiro atoms. The van der Waals surface area contributed by atoms with Crippen molar-refractivity contribution in [1.29, 1.82) is 0 Å². The topological polar surface area (TPSA) is 64.3 Å². The van der Waals surface area contributed by atoms with Crippen LogP contribution in [0.5, 0.6) is 5.75 Å². The van der Waals surface area contributed by atoms with Crippen LogP contribution in [0.25, 0.3) is 10.9 Å². The molecule has 0 saturated carbocycles. The van der Waals surface area contributed by atoms with Crippen LogP contribution in [0.15, 0.2) is 67.0 Å². The smallest absolute Gasteiger partial charge is 0.138 e. The van der Waals surface area contributed by atoms with E-state index >= 15 is 0 Å². The van der Waals surface area contributed by atoms with Crippen LogP contribution >= 0.6 is 11.6 Å². The molecular weight excluding hydrogens is 427 g/mol. The zero-order valence-corrected chi connectivity index (χ0v) is 18.1. The lowest BCUT2D eigenvalue weighted by molar-refractivity contribution is 0.306. The van der Waals surface area contributed by atoms with Crippen molar-refractivity contribution >= 4 is 34.0 Å². The minimum absolute atomic E-state index is 0.236. The van der Waals surface area contributed by atoms with E-state index in [1.165, 1.54) is 18.5 Å². The molecule has 160 valence electrons. The van der Waals surface area contributed by atoms with Crippen LogP contribution in [0.3, 0.4) is 0 Å². The molecule has 0 aliphatic heterocycles. The molecule has 7 heteroatoms. The van der Waals surface area contributed by atoms with Gasteiger partial charge in [-0.25, -0.2) is 14.4 Å². The Bertz CT molecular complexity index is 1330. The van der Waals surface area contributed by atoms with E-state index in [-0.39, 0.29) is 12.4 Å². The number of nitrogens with zero attached hydrogens (tertiary/aromatic N) is 3. The first kappa shape index (κ1) is 21.4. The number of aromatic nitrogens is 2. The van der Waals surface area contributed by atoms with Gasteiger partial charge in [0.1, 0.15) is 30.3 Å². The second-order valence-electron chi connectivity index (χ2n) is 7.18. The SMILES string of the molecule is CN(CC#Cc1ccc2ncnc(N)c2c1)c1ccc(OCc2cccc(F)c2)c(Cl)c1. The third kappa shape index (κ3) is 5.08. The first-order valence-corrected chi connectivity index (χ1v) is 10.2. The number of nitrogens with two attached hydrogens (primary N) is 1. The van der Waals surface area contributed by atoms with Crippen molar-refractivity contribution in [3.05, 3.63) is 89.0 Å². The van der Waals surface area contributed by atoms with E-state index in [9.17, 15) is 4.39 Å². The van der Waals surface area contributed by atoms with Crippen LogP contribution in [0, 0.1) is 17.7 Å². The maximum atomic E-state index is 13.3. The lowest BCUT2D eigenvalue weighted by Crippen LogP contribution is -2.17. The molecule has 1 aromatic heterocycles. The Balaban J connectivity index is 1.40. The molecular formula is C25H20ClFN4O. The van der Waals surface area contributed by atoms with Gasteiger partial charge in [-0.3, -0.25) is 0 Å². The van der Waals surface area contributed by atoms with Crippen molar-refractivity contribution in [2.45, 2.75) is 6.61 Å². The minimum Gasteiger partial charge on any atom is -0.487 e. The number of rotatable bonds is 5. The summed E-state index contributed by atoms with van der Waals surface area (Å²) in [5, 5.41) is 1.26. The zero-order valence-electron chi connectivity index (χ0n) is 17.3. The van der Waals surface area contributed by atoms with Crippen LogP contribution in [-0.4, -0.2) is 23.6 Å². The Hall–Kier alpha value is -3.82. The molecule has 3 aromatic carbocycles. The standard InChI is InChI=1S/C25H20ClFN4O/c1-31(11-3-5-17-7-9-23-21(13-17)25(28)30-16-29-23)20-8-10-24(22(26)14-20)32-15-18-4-2-6-19(27)12-18/h2,4,6-10,12-14,16H,11,15H2,1H3,(H2,28,29,30). The van der Waals surface area contributed by atoms with E-state index in [1.54, 1.807) is 18.2 Å². The first-order valence-electron chi connectivity index (χ1n) is 9.86. The van der Waals surface area contributed by atoms with Crippen molar-refractivity contribution in [2.75, 3.05) is 24.2 Å². The largest absolute Gasteiger partial charge is 0.487 e. The molecule has 4 aromatic rings. The Morgan fingerprint density at radius 3 is 2.78 bits per heavy atom. The summed E-state index contributed by atoms with van der Waals surface area (Å²) in [7, 11) is 1.93. The van der Waals surface area contributed by atoms with Crippen molar-refractivity contribution in [1.82, 2.24) is 9.97 Å². The second kappa shape index (κ2) is 9.54. The lowest BCUT2D eigenvalue weighted by atomic mass is 10.1. The third-order valence-corrected chi connectivity index (χ3v) is 5.15. The van der Waals surface area contributed by atoms with E-state index in [4.69, 9.17) is 22.1 Å². The summed E-state index contributed by atoms with van der Waals surface area (Å²) in [4.78, 5) is 10.2. The van der Waals surface area contributed by atoms with E-state index in [0.717, 1.165) is 27.7 Å². The van der Waals surface area contributed by atoms with Crippen molar-refractivity contribution < 1.29 is 9.13 Å². The summed E-state index contributed by atoms with van der Waals surface area (Å²) in [6, 6.07) is 17.5. The highest BCUT2D eigenvalue weighted by Crippen LogP contribution is 2.29. The number of halogens is 2. The molecule has 0 aliphatic rings. The van der Waals surface area contributed by atoms with Gasteiger partial charge in [-0.15, -0.1) is 0 Å². The minimum atomic E-state index is -0.296.